The van der Waals surface area contributed by atoms with Crippen LogP contribution in [0, 0.1) is 11.3 Å². The normalized spacial score (nSPS) is 15.7. The number of amides is 3. The number of benzene rings is 1. The molecule has 0 aliphatic rings. The maximum atomic E-state index is 13.3. The number of carboxylic acids is 1. The molecule has 0 bridgehead atoms. The number of rotatable bonds is 12. The number of hydrogen-bond donors (Lipinski definition) is 5. The number of phenols is 1. The molecule has 0 aromatic heterocycles. The van der Waals surface area contributed by atoms with E-state index in [1.54, 1.807) is 19.1 Å². The molecule has 0 saturated carbocycles. The molecule has 9 nitrogen and oxygen atoms in total. The van der Waals surface area contributed by atoms with Gasteiger partial charge in [-0.3, -0.25) is 14.4 Å². The zero-order chi connectivity index (χ0) is 27.0. The Hall–Kier alpha value is -3.10. The van der Waals surface area contributed by atoms with Crippen molar-refractivity contribution in [1.82, 2.24) is 16.0 Å². The average Bonchev–Trinajstić information content (AvgIpc) is 2.75. The molecule has 0 aliphatic carbocycles. The first-order valence-corrected chi connectivity index (χ1v) is 12.0. The van der Waals surface area contributed by atoms with Crippen molar-refractivity contribution in [2.45, 2.75) is 91.8 Å². The quantitative estimate of drug-likeness (QED) is 0.304. The second-order valence-electron chi connectivity index (χ2n) is 10.7. The molecule has 0 aliphatic heterocycles. The molecule has 196 valence electrons. The predicted molar refractivity (Wildman–Crippen MR) is 134 cm³/mol. The number of carbonyl (C=O) groups is 4. The fourth-order valence-electron chi connectivity index (χ4n) is 3.48. The van der Waals surface area contributed by atoms with E-state index in [1.165, 1.54) is 26.0 Å². The van der Waals surface area contributed by atoms with Gasteiger partial charge in [-0.15, -0.1) is 0 Å². The highest BCUT2D eigenvalue weighted by atomic mass is 16.4. The fourth-order valence-corrected chi connectivity index (χ4v) is 3.48. The van der Waals surface area contributed by atoms with Gasteiger partial charge in [0, 0.05) is 13.3 Å². The number of phenolic OH excluding ortho intramolecular Hbond substituents is 1. The Bertz CT molecular complexity index is 893. The molecule has 3 amide bonds. The Labute approximate surface area is 208 Å². The Morgan fingerprint density at radius 2 is 1.51 bits per heavy atom. The van der Waals surface area contributed by atoms with E-state index in [0.29, 0.717) is 18.4 Å². The van der Waals surface area contributed by atoms with Gasteiger partial charge in [0.05, 0.1) is 0 Å². The molecular formula is C26H41N3O6. The van der Waals surface area contributed by atoms with E-state index in [4.69, 9.17) is 0 Å². The maximum Gasteiger partial charge on any atom is 0.329 e. The lowest BCUT2D eigenvalue weighted by molar-refractivity contribution is -0.148. The van der Waals surface area contributed by atoms with E-state index < -0.39 is 41.3 Å². The molecular weight excluding hydrogens is 450 g/mol. The zero-order valence-electron chi connectivity index (χ0n) is 21.9. The van der Waals surface area contributed by atoms with Gasteiger partial charge in [-0.2, -0.15) is 0 Å². The molecule has 35 heavy (non-hydrogen) atoms. The summed E-state index contributed by atoms with van der Waals surface area (Å²) in [6.07, 6.45) is 1.52. The number of carbonyl (C=O) groups excluding carboxylic acids is 3. The molecule has 1 aromatic carbocycles. The van der Waals surface area contributed by atoms with E-state index in [-0.39, 0.29) is 29.9 Å². The van der Waals surface area contributed by atoms with Crippen LogP contribution >= 0.6 is 0 Å². The van der Waals surface area contributed by atoms with E-state index in [0.717, 1.165) is 0 Å². The highest BCUT2D eigenvalue weighted by Crippen LogP contribution is 2.26. The van der Waals surface area contributed by atoms with Gasteiger partial charge in [0.15, 0.2) is 0 Å². The highest BCUT2D eigenvalue weighted by Gasteiger charge is 2.39. The number of aromatic hydroxyl groups is 1. The van der Waals surface area contributed by atoms with Crippen LogP contribution in [-0.4, -0.2) is 51.5 Å². The second-order valence-corrected chi connectivity index (χ2v) is 10.7. The van der Waals surface area contributed by atoms with E-state index in [9.17, 15) is 29.4 Å². The molecule has 1 aromatic rings. The topological polar surface area (TPSA) is 145 Å². The van der Waals surface area contributed by atoms with Crippen LogP contribution in [0.15, 0.2) is 24.3 Å². The van der Waals surface area contributed by atoms with Crippen molar-refractivity contribution in [3.63, 3.8) is 0 Å². The lowest BCUT2D eigenvalue weighted by atomic mass is 9.83. The summed E-state index contributed by atoms with van der Waals surface area (Å²) in [4.78, 5) is 50.2. The van der Waals surface area contributed by atoms with Crippen LogP contribution in [0.2, 0.25) is 0 Å². The van der Waals surface area contributed by atoms with Gasteiger partial charge in [-0.05, 0) is 48.8 Å². The summed E-state index contributed by atoms with van der Waals surface area (Å²) < 4.78 is 0. The summed E-state index contributed by atoms with van der Waals surface area (Å²) in [6.45, 7) is 12.4. The Morgan fingerprint density at radius 3 is 1.97 bits per heavy atom. The first-order valence-electron chi connectivity index (χ1n) is 12.0. The number of aliphatic carboxylic acids is 1. The molecule has 1 unspecified atom stereocenters. The standard InChI is InChI=1S/C26H41N3O6/c1-8-16(2)21(23(33)29-26(7,24(34)35)14-13-25(4,5)6)28-22(32)20(27-17(3)30)15-18-9-11-19(31)12-10-18/h9-12,16,20-21,31H,8,13-15H2,1-7H3,(H,27,30)(H,28,32)(H,29,33)(H,34,35)/t16-,20-,21-,26?/m0/s1. The average molecular weight is 492 g/mol. The van der Waals surface area contributed by atoms with Crippen molar-refractivity contribution in [1.29, 1.82) is 0 Å². The highest BCUT2D eigenvalue weighted by molar-refractivity contribution is 5.94. The molecule has 0 radical (unpaired) electrons. The van der Waals surface area contributed by atoms with Gasteiger partial charge in [0.1, 0.15) is 23.4 Å². The predicted octanol–water partition coefficient (Wildman–Crippen LogP) is 2.76. The Morgan fingerprint density at radius 1 is 0.943 bits per heavy atom. The summed E-state index contributed by atoms with van der Waals surface area (Å²) in [5, 5.41) is 27.3. The SMILES string of the molecule is CC[C@H](C)[C@H](NC(=O)[C@H](Cc1ccc(O)cc1)NC(C)=O)C(=O)NC(C)(CCC(C)(C)C)C(=O)O. The van der Waals surface area contributed by atoms with Gasteiger partial charge in [-0.1, -0.05) is 53.2 Å². The number of nitrogens with one attached hydrogen (secondary N) is 3. The third kappa shape index (κ3) is 9.96. The van der Waals surface area contributed by atoms with Crippen LogP contribution in [0.4, 0.5) is 0 Å². The maximum absolute atomic E-state index is 13.3. The fraction of sp³-hybridized carbons (Fsp3) is 0.615. The van der Waals surface area contributed by atoms with Crippen LogP contribution in [0.25, 0.3) is 0 Å². The van der Waals surface area contributed by atoms with Gasteiger partial charge in [0.25, 0.3) is 0 Å². The lowest BCUT2D eigenvalue weighted by Gasteiger charge is -2.33. The van der Waals surface area contributed by atoms with Gasteiger partial charge < -0.3 is 26.2 Å². The van der Waals surface area contributed by atoms with Crippen molar-refractivity contribution in [3.05, 3.63) is 29.8 Å². The summed E-state index contributed by atoms with van der Waals surface area (Å²) in [5.74, 6) is -2.90. The molecule has 0 saturated heterocycles. The van der Waals surface area contributed by atoms with Crippen LogP contribution in [-0.2, 0) is 25.6 Å². The zero-order valence-corrected chi connectivity index (χ0v) is 21.9. The van der Waals surface area contributed by atoms with Gasteiger partial charge in [0.2, 0.25) is 17.7 Å². The lowest BCUT2D eigenvalue weighted by Crippen LogP contribution is -2.61. The first-order chi connectivity index (χ1) is 16.1. The molecule has 4 atom stereocenters. The van der Waals surface area contributed by atoms with Crippen molar-refractivity contribution in [3.8, 4) is 5.75 Å². The van der Waals surface area contributed by atoms with Crippen LogP contribution in [0.5, 0.6) is 5.75 Å². The van der Waals surface area contributed by atoms with Crippen molar-refractivity contribution in [2.75, 3.05) is 0 Å². The summed E-state index contributed by atoms with van der Waals surface area (Å²) in [5.41, 5.74) is -0.906. The van der Waals surface area contributed by atoms with E-state index >= 15 is 0 Å². The first kappa shape index (κ1) is 29.9. The molecule has 9 heteroatoms. The molecule has 0 spiro atoms. The molecule has 5 N–H and O–H groups in total. The van der Waals surface area contributed by atoms with Crippen molar-refractivity contribution < 1.29 is 29.4 Å². The Balaban J connectivity index is 3.11. The monoisotopic (exact) mass is 491 g/mol. The van der Waals surface area contributed by atoms with Gasteiger partial charge in [-0.25, -0.2) is 4.79 Å². The second kappa shape index (κ2) is 12.6. The largest absolute Gasteiger partial charge is 0.508 e. The minimum atomic E-state index is -1.50. The van der Waals surface area contributed by atoms with Crippen LogP contribution in [0.1, 0.15) is 73.3 Å². The van der Waals surface area contributed by atoms with Gasteiger partial charge >= 0.3 is 5.97 Å². The van der Waals surface area contributed by atoms with E-state index in [1.807, 2.05) is 27.7 Å². The van der Waals surface area contributed by atoms with Crippen molar-refractivity contribution >= 4 is 23.7 Å². The minimum absolute atomic E-state index is 0.0794. The van der Waals surface area contributed by atoms with Crippen LogP contribution in [0.3, 0.4) is 0 Å². The van der Waals surface area contributed by atoms with E-state index in [2.05, 4.69) is 16.0 Å². The molecule has 0 heterocycles. The number of carboxylic acid groups (broad SMARTS) is 1. The summed E-state index contributed by atoms with van der Waals surface area (Å²) in [6, 6.07) is 4.31. The Kier molecular flexibility index (Phi) is 10.7. The molecule has 1 rings (SSSR count). The van der Waals surface area contributed by atoms with Crippen molar-refractivity contribution in [2.24, 2.45) is 11.3 Å². The minimum Gasteiger partial charge on any atom is -0.508 e. The summed E-state index contributed by atoms with van der Waals surface area (Å²) in [7, 11) is 0. The summed E-state index contributed by atoms with van der Waals surface area (Å²) >= 11 is 0. The smallest absolute Gasteiger partial charge is 0.329 e. The third-order valence-corrected chi connectivity index (χ3v) is 6.11. The third-order valence-electron chi connectivity index (χ3n) is 6.11. The molecule has 0 fully saturated rings. The van der Waals surface area contributed by atoms with Crippen LogP contribution < -0.4 is 16.0 Å². The number of hydrogen-bond acceptors (Lipinski definition) is 5.